The molecule has 0 aliphatic heterocycles. The zero-order valence-corrected chi connectivity index (χ0v) is 21.2. The van der Waals surface area contributed by atoms with Crippen LogP contribution in [0.15, 0.2) is 77.3 Å². The average Bonchev–Trinajstić information content (AvgIpc) is 2.77. The summed E-state index contributed by atoms with van der Waals surface area (Å²) in [5, 5.41) is 2.90. The van der Waals surface area contributed by atoms with Gasteiger partial charge in [-0.25, -0.2) is 8.42 Å². The summed E-state index contributed by atoms with van der Waals surface area (Å²) in [6, 6.07) is 22.0. The number of benzene rings is 3. The second-order valence-corrected chi connectivity index (χ2v) is 10.7. The summed E-state index contributed by atoms with van der Waals surface area (Å²) in [6.45, 7) is 3.98. The Morgan fingerprint density at radius 2 is 1.73 bits per heavy atom. The maximum Gasteiger partial charge on any atom is 0.258 e. The molecule has 1 atom stereocenters. The van der Waals surface area contributed by atoms with Gasteiger partial charge in [0, 0.05) is 4.47 Å². The summed E-state index contributed by atoms with van der Waals surface area (Å²) in [5.74, 6) is 0.233. The van der Waals surface area contributed by atoms with Gasteiger partial charge in [0.2, 0.25) is 10.0 Å². The summed E-state index contributed by atoms with van der Waals surface area (Å²) >= 11 is 3.43. The third-order valence-corrected chi connectivity index (χ3v) is 6.70. The number of ether oxygens (including phenoxy) is 1. The Balaban J connectivity index is 1.61. The van der Waals surface area contributed by atoms with Gasteiger partial charge in [-0.1, -0.05) is 57.9 Å². The van der Waals surface area contributed by atoms with Crippen LogP contribution in [0.3, 0.4) is 0 Å². The highest BCUT2D eigenvalue weighted by molar-refractivity contribution is 9.10. The van der Waals surface area contributed by atoms with E-state index in [1.54, 1.807) is 24.3 Å². The molecule has 1 N–H and O–H groups in total. The lowest BCUT2D eigenvalue weighted by molar-refractivity contribution is -0.123. The molecule has 0 aliphatic carbocycles. The van der Waals surface area contributed by atoms with Gasteiger partial charge in [0.05, 0.1) is 24.5 Å². The van der Waals surface area contributed by atoms with Crippen LogP contribution in [0.5, 0.6) is 5.75 Å². The molecule has 0 bridgehead atoms. The number of rotatable bonds is 9. The molecule has 1 amide bonds. The fourth-order valence-electron chi connectivity index (χ4n) is 3.26. The van der Waals surface area contributed by atoms with E-state index in [0.29, 0.717) is 11.4 Å². The van der Waals surface area contributed by atoms with Gasteiger partial charge in [0.1, 0.15) is 5.75 Å². The molecule has 33 heavy (non-hydrogen) atoms. The molecule has 0 fully saturated rings. The van der Waals surface area contributed by atoms with Crippen molar-refractivity contribution in [2.45, 2.75) is 26.4 Å². The van der Waals surface area contributed by atoms with Crippen molar-refractivity contribution in [3.63, 3.8) is 0 Å². The highest BCUT2D eigenvalue weighted by atomic mass is 79.9. The van der Waals surface area contributed by atoms with Crippen molar-refractivity contribution >= 4 is 37.5 Å². The van der Waals surface area contributed by atoms with Gasteiger partial charge in [0.15, 0.2) is 6.61 Å². The maximum atomic E-state index is 12.4. The van der Waals surface area contributed by atoms with Crippen molar-refractivity contribution in [2.75, 3.05) is 17.2 Å². The van der Waals surface area contributed by atoms with Crippen LogP contribution in [0.1, 0.15) is 29.7 Å². The van der Waals surface area contributed by atoms with Crippen molar-refractivity contribution in [1.82, 2.24) is 5.32 Å². The normalized spacial score (nSPS) is 12.1. The van der Waals surface area contributed by atoms with Gasteiger partial charge >= 0.3 is 0 Å². The lowest BCUT2D eigenvalue weighted by Crippen LogP contribution is -2.31. The maximum absolute atomic E-state index is 12.4. The fraction of sp³-hybridized carbons (Fsp3) is 0.240. The number of halogens is 1. The van der Waals surface area contributed by atoms with Crippen LogP contribution >= 0.6 is 15.9 Å². The second kappa shape index (κ2) is 10.9. The number of hydrogen-bond acceptors (Lipinski definition) is 4. The number of amides is 1. The fourth-order valence-corrected chi connectivity index (χ4v) is 4.56. The van der Waals surface area contributed by atoms with Crippen LogP contribution in [-0.2, 0) is 21.4 Å². The highest BCUT2D eigenvalue weighted by Crippen LogP contribution is 2.24. The van der Waals surface area contributed by atoms with Gasteiger partial charge in [-0.15, -0.1) is 0 Å². The van der Waals surface area contributed by atoms with Crippen molar-refractivity contribution in [2.24, 2.45) is 0 Å². The van der Waals surface area contributed by atoms with E-state index in [1.807, 2.05) is 62.4 Å². The van der Waals surface area contributed by atoms with Gasteiger partial charge in [-0.2, -0.15) is 0 Å². The Hall–Kier alpha value is -2.84. The Labute approximate surface area is 203 Å². The van der Waals surface area contributed by atoms with Gasteiger partial charge < -0.3 is 10.1 Å². The van der Waals surface area contributed by atoms with Crippen molar-refractivity contribution in [3.05, 3.63) is 94.0 Å². The molecule has 0 spiro atoms. The van der Waals surface area contributed by atoms with E-state index in [0.717, 1.165) is 21.2 Å². The molecule has 3 aromatic rings. The monoisotopic (exact) mass is 530 g/mol. The minimum atomic E-state index is -3.48. The van der Waals surface area contributed by atoms with Crippen LogP contribution in [0.2, 0.25) is 0 Å². The molecule has 0 saturated carbocycles. The largest absolute Gasteiger partial charge is 0.484 e. The number of carbonyl (C=O) groups is 1. The molecule has 0 radical (unpaired) electrons. The van der Waals surface area contributed by atoms with E-state index in [1.165, 1.54) is 10.6 Å². The van der Waals surface area contributed by atoms with Crippen LogP contribution < -0.4 is 14.4 Å². The molecule has 0 aliphatic rings. The predicted molar refractivity (Wildman–Crippen MR) is 135 cm³/mol. The van der Waals surface area contributed by atoms with Crippen LogP contribution in [0, 0.1) is 6.92 Å². The molecule has 8 heteroatoms. The quantitative estimate of drug-likeness (QED) is 0.423. The Bertz CT molecular complexity index is 1200. The Morgan fingerprint density at radius 3 is 2.33 bits per heavy atom. The zero-order valence-electron chi connectivity index (χ0n) is 18.8. The standard InChI is InChI=1S/C25H27BrN2O4S/c1-18-7-9-20(10-8-18)16-28(33(3,30)31)23-11-13-24(14-12-23)32-17-25(29)27-19(2)21-5-4-6-22(26)15-21/h4-15,19H,16-17H2,1-3H3,(H,27,29)/t19-/m1/s1. The summed E-state index contributed by atoms with van der Waals surface area (Å²) in [4.78, 5) is 12.3. The predicted octanol–water partition coefficient (Wildman–Crippen LogP) is 4.98. The molecule has 3 rings (SSSR count). The van der Waals surface area contributed by atoms with Gasteiger partial charge in [-0.05, 0) is 61.4 Å². The summed E-state index contributed by atoms with van der Waals surface area (Å²) in [7, 11) is -3.48. The highest BCUT2D eigenvalue weighted by Gasteiger charge is 2.18. The van der Waals surface area contributed by atoms with Crippen molar-refractivity contribution in [1.29, 1.82) is 0 Å². The van der Waals surface area contributed by atoms with Crippen LogP contribution in [0.25, 0.3) is 0 Å². The minimum Gasteiger partial charge on any atom is -0.484 e. The van der Waals surface area contributed by atoms with Crippen molar-refractivity contribution < 1.29 is 17.9 Å². The average molecular weight is 531 g/mol. The molecular weight excluding hydrogens is 504 g/mol. The lowest BCUT2D eigenvalue weighted by Gasteiger charge is -2.23. The summed E-state index contributed by atoms with van der Waals surface area (Å²) in [6.07, 6.45) is 1.18. The third-order valence-electron chi connectivity index (χ3n) is 5.07. The summed E-state index contributed by atoms with van der Waals surface area (Å²) in [5.41, 5.74) is 3.51. The molecule has 6 nitrogen and oxygen atoms in total. The number of nitrogens with one attached hydrogen (secondary N) is 1. The van der Waals surface area contributed by atoms with Gasteiger partial charge in [0.25, 0.3) is 5.91 Å². The van der Waals surface area contributed by atoms with Crippen LogP contribution in [0.4, 0.5) is 5.69 Å². The number of nitrogens with zero attached hydrogens (tertiary/aromatic N) is 1. The molecule has 0 unspecified atom stereocenters. The molecule has 0 saturated heterocycles. The minimum absolute atomic E-state index is 0.142. The van der Waals surface area contributed by atoms with Crippen molar-refractivity contribution in [3.8, 4) is 5.75 Å². The van der Waals surface area contributed by atoms with E-state index < -0.39 is 10.0 Å². The molecule has 3 aromatic carbocycles. The Kier molecular flexibility index (Phi) is 8.15. The zero-order chi connectivity index (χ0) is 24.0. The number of sulfonamides is 1. The van der Waals surface area contributed by atoms with E-state index >= 15 is 0 Å². The van der Waals surface area contributed by atoms with E-state index in [2.05, 4.69) is 21.2 Å². The molecule has 0 heterocycles. The van der Waals surface area contributed by atoms with Crippen LogP contribution in [-0.4, -0.2) is 27.2 Å². The third kappa shape index (κ3) is 7.33. The lowest BCUT2D eigenvalue weighted by atomic mass is 10.1. The SMILES string of the molecule is Cc1ccc(CN(c2ccc(OCC(=O)N[C@H](C)c3cccc(Br)c3)cc2)S(C)(=O)=O)cc1. The Morgan fingerprint density at radius 1 is 1.06 bits per heavy atom. The topological polar surface area (TPSA) is 75.7 Å². The number of hydrogen-bond donors (Lipinski definition) is 1. The first-order valence-electron chi connectivity index (χ1n) is 10.4. The first-order valence-corrected chi connectivity index (χ1v) is 13.1. The smallest absolute Gasteiger partial charge is 0.258 e. The first kappa shape index (κ1) is 24.8. The second-order valence-electron chi connectivity index (χ2n) is 7.88. The first-order chi connectivity index (χ1) is 15.6. The van der Waals surface area contributed by atoms with E-state index in [9.17, 15) is 13.2 Å². The van der Waals surface area contributed by atoms with E-state index in [-0.39, 0.29) is 25.1 Å². The van der Waals surface area contributed by atoms with E-state index in [4.69, 9.17) is 4.74 Å². The molecule has 0 aromatic heterocycles. The van der Waals surface area contributed by atoms with Gasteiger partial charge in [-0.3, -0.25) is 9.10 Å². The number of anilines is 1. The molecule has 174 valence electrons. The number of aryl methyl sites for hydroxylation is 1. The molecular formula is C25H27BrN2O4S. The number of carbonyl (C=O) groups excluding carboxylic acids is 1. The summed E-state index contributed by atoms with van der Waals surface area (Å²) < 4.78 is 32.6.